The standard InChI is InChI=1S/C26H28N4O3S/c1-16-12-20(17(2)30(16)18-8-9-22-23(13-18)33-15-32-22)25-24(21-7-3-4-10-27-21)28-26(34)29(25)14-19-6-5-11-31-19/h3-4,7-10,12-13,19,24-25H,5-6,11,14-15H2,1-2H3,(H,28,34)/t19-,24+,25-/m0/s1. The van der Waals surface area contributed by atoms with Crippen molar-refractivity contribution in [2.24, 2.45) is 0 Å². The Morgan fingerprint density at radius 3 is 2.79 bits per heavy atom. The van der Waals surface area contributed by atoms with Gasteiger partial charge in [-0.05, 0) is 74.8 Å². The first-order valence-electron chi connectivity index (χ1n) is 11.8. The summed E-state index contributed by atoms with van der Waals surface area (Å²) in [5, 5.41) is 4.32. The summed E-state index contributed by atoms with van der Waals surface area (Å²) in [6, 6.07) is 14.4. The topological polar surface area (TPSA) is 60.8 Å². The highest BCUT2D eigenvalue weighted by Gasteiger charge is 2.42. The Morgan fingerprint density at radius 1 is 1.12 bits per heavy atom. The van der Waals surface area contributed by atoms with E-state index in [1.54, 1.807) is 0 Å². The quantitative estimate of drug-likeness (QED) is 0.549. The van der Waals surface area contributed by atoms with Gasteiger partial charge in [-0.25, -0.2) is 0 Å². The summed E-state index contributed by atoms with van der Waals surface area (Å²) in [5.41, 5.74) is 5.60. The maximum absolute atomic E-state index is 5.98. The van der Waals surface area contributed by atoms with Crippen molar-refractivity contribution < 1.29 is 14.2 Å². The highest BCUT2D eigenvalue weighted by molar-refractivity contribution is 7.80. The van der Waals surface area contributed by atoms with Crippen LogP contribution >= 0.6 is 12.2 Å². The van der Waals surface area contributed by atoms with Crippen molar-refractivity contribution in [1.29, 1.82) is 0 Å². The van der Waals surface area contributed by atoms with Crippen molar-refractivity contribution >= 4 is 17.3 Å². The first kappa shape index (κ1) is 21.4. The second kappa shape index (κ2) is 8.60. The lowest BCUT2D eigenvalue weighted by molar-refractivity contribution is 0.0842. The average molecular weight is 477 g/mol. The van der Waals surface area contributed by atoms with Gasteiger partial charge in [-0.1, -0.05) is 6.07 Å². The molecule has 6 rings (SSSR count). The normalized spacial score (nSPS) is 23.5. The summed E-state index contributed by atoms with van der Waals surface area (Å²) in [4.78, 5) is 6.98. The fraction of sp³-hybridized carbons (Fsp3) is 0.385. The zero-order chi connectivity index (χ0) is 23.2. The van der Waals surface area contributed by atoms with Gasteiger partial charge in [-0.15, -0.1) is 0 Å². The van der Waals surface area contributed by atoms with Gasteiger partial charge in [0.25, 0.3) is 0 Å². The zero-order valence-corrected chi connectivity index (χ0v) is 20.2. The molecule has 7 nitrogen and oxygen atoms in total. The summed E-state index contributed by atoms with van der Waals surface area (Å²) < 4.78 is 19.4. The average Bonchev–Trinajstić information content (AvgIpc) is 3.63. The maximum atomic E-state index is 5.98. The van der Waals surface area contributed by atoms with Gasteiger partial charge in [-0.2, -0.15) is 0 Å². The van der Waals surface area contributed by atoms with Crippen LogP contribution in [0.1, 0.15) is 47.6 Å². The zero-order valence-electron chi connectivity index (χ0n) is 19.4. The molecule has 1 N–H and O–H groups in total. The van der Waals surface area contributed by atoms with Gasteiger partial charge in [0.05, 0.1) is 23.9 Å². The van der Waals surface area contributed by atoms with E-state index >= 15 is 0 Å². The second-order valence-electron chi connectivity index (χ2n) is 9.11. The summed E-state index contributed by atoms with van der Waals surface area (Å²) in [5.74, 6) is 1.57. The molecule has 0 saturated carbocycles. The molecule has 3 aliphatic rings. The first-order chi connectivity index (χ1) is 16.6. The molecule has 5 heterocycles. The van der Waals surface area contributed by atoms with Crippen LogP contribution in [0.25, 0.3) is 5.69 Å². The van der Waals surface area contributed by atoms with Crippen LogP contribution in [0.2, 0.25) is 0 Å². The third-order valence-corrected chi connectivity index (χ3v) is 7.38. The number of nitrogens with one attached hydrogen (secondary N) is 1. The van der Waals surface area contributed by atoms with Crippen molar-refractivity contribution in [3.63, 3.8) is 0 Å². The third kappa shape index (κ3) is 3.61. The van der Waals surface area contributed by atoms with Crippen molar-refractivity contribution in [3.05, 3.63) is 71.3 Å². The Balaban J connectivity index is 1.43. The lowest BCUT2D eigenvalue weighted by atomic mass is 9.96. The molecule has 8 heteroatoms. The van der Waals surface area contributed by atoms with E-state index in [-0.39, 0.29) is 25.0 Å². The molecular weight excluding hydrogens is 448 g/mol. The molecule has 3 aromatic rings. The predicted molar refractivity (Wildman–Crippen MR) is 132 cm³/mol. The Labute approximate surface area is 204 Å². The molecule has 2 aromatic heterocycles. The number of aryl methyl sites for hydroxylation is 1. The number of benzene rings is 1. The van der Waals surface area contributed by atoms with Gasteiger partial charge in [-0.3, -0.25) is 4.98 Å². The lowest BCUT2D eigenvalue weighted by Crippen LogP contribution is -2.36. The smallest absolute Gasteiger partial charge is 0.231 e. The molecule has 34 heavy (non-hydrogen) atoms. The van der Waals surface area contributed by atoms with Crippen LogP contribution in [-0.4, -0.2) is 45.6 Å². The van der Waals surface area contributed by atoms with Gasteiger partial charge >= 0.3 is 0 Å². The molecule has 0 radical (unpaired) electrons. The van der Waals surface area contributed by atoms with Crippen molar-refractivity contribution in [2.45, 2.75) is 44.9 Å². The van der Waals surface area contributed by atoms with Crippen LogP contribution in [0.5, 0.6) is 11.5 Å². The van der Waals surface area contributed by atoms with E-state index in [0.29, 0.717) is 0 Å². The predicted octanol–water partition coefficient (Wildman–Crippen LogP) is 4.37. The monoisotopic (exact) mass is 476 g/mol. The fourth-order valence-electron chi connectivity index (χ4n) is 5.46. The van der Waals surface area contributed by atoms with E-state index < -0.39 is 0 Å². The van der Waals surface area contributed by atoms with Gasteiger partial charge in [0.15, 0.2) is 16.6 Å². The molecule has 1 aromatic carbocycles. The number of nitrogens with zero attached hydrogens (tertiary/aromatic N) is 3. The van der Waals surface area contributed by atoms with E-state index in [1.165, 1.54) is 11.3 Å². The van der Waals surface area contributed by atoms with Crippen LogP contribution in [0.3, 0.4) is 0 Å². The van der Waals surface area contributed by atoms with E-state index in [4.69, 9.17) is 26.4 Å². The largest absolute Gasteiger partial charge is 0.454 e. The molecule has 3 atom stereocenters. The van der Waals surface area contributed by atoms with Gasteiger partial charge in [0.2, 0.25) is 6.79 Å². The summed E-state index contributed by atoms with van der Waals surface area (Å²) in [6.07, 6.45) is 4.21. The number of pyridine rings is 1. The van der Waals surface area contributed by atoms with Crippen molar-refractivity contribution in [2.75, 3.05) is 19.9 Å². The summed E-state index contributed by atoms with van der Waals surface area (Å²) >= 11 is 5.85. The number of rotatable bonds is 5. The van der Waals surface area contributed by atoms with Gasteiger partial charge in [0, 0.05) is 42.5 Å². The highest BCUT2D eigenvalue weighted by Crippen LogP contribution is 2.42. The minimum absolute atomic E-state index is 0.0144. The van der Waals surface area contributed by atoms with Crippen LogP contribution in [0.15, 0.2) is 48.7 Å². The van der Waals surface area contributed by atoms with E-state index in [2.05, 4.69) is 51.8 Å². The Bertz CT molecular complexity index is 1220. The van der Waals surface area contributed by atoms with E-state index in [0.717, 1.165) is 59.7 Å². The Kier molecular flexibility index (Phi) is 5.42. The third-order valence-electron chi connectivity index (χ3n) is 7.03. The molecule has 0 aliphatic carbocycles. The Morgan fingerprint density at radius 2 is 2.00 bits per heavy atom. The molecule has 0 unspecified atom stereocenters. The number of hydrogen-bond donors (Lipinski definition) is 1. The Hall–Kier alpha value is -3.10. The van der Waals surface area contributed by atoms with Crippen LogP contribution in [-0.2, 0) is 4.74 Å². The molecule has 176 valence electrons. The van der Waals surface area contributed by atoms with Crippen molar-refractivity contribution in [3.8, 4) is 17.2 Å². The number of ether oxygens (including phenoxy) is 3. The minimum atomic E-state index is -0.0409. The molecule has 0 bridgehead atoms. The second-order valence-corrected chi connectivity index (χ2v) is 9.50. The number of fused-ring (bicyclic) bond motifs is 1. The minimum Gasteiger partial charge on any atom is -0.454 e. The molecular formula is C26H28N4O3S. The van der Waals surface area contributed by atoms with Crippen molar-refractivity contribution in [1.82, 2.24) is 19.8 Å². The first-order valence-corrected chi connectivity index (χ1v) is 12.2. The van der Waals surface area contributed by atoms with Crippen LogP contribution < -0.4 is 14.8 Å². The summed E-state index contributed by atoms with van der Waals surface area (Å²) in [7, 11) is 0. The number of hydrogen-bond acceptors (Lipinski definition) is 5. The fourth-order valence-corrected chi connectivity index (χ4v) is 5.77. The van der Waals surface area contributed by atoms with E-state index in [9.17, 15) is 0 Å². The van der Waals surface area contributed by atoms with E-state index in [1.807, 2.05) is 30.5 Å². The molecule has 2 fully saturated rings. The number of aromatic nitrogens is 2. The molecule has 2 saturated heterocycles. The number of thiocarbonyl (C=S) groups is 1. The molecule has 0 spiro atoms. The molecule has 3 aliphatic heterocycles. The van der Waals surface area contributed by atoms with Crippen LogP contribution in [0, 0.1) is 13.8 Å². The van der Waals surface area contributed by atoms with Crippen LogP contribution in [0.4, 0.5) is 0 Å². The van der Waals surface area contributed by atoms with Gasteiger partial charge in [0.1, 0.15) is 0 Å². The van der Waals surface area contributed by atoms with Gasteiger partial charge < -0.3 is 29.0 Å². The maximum Gasteiger partial charge on any atom is 0.231 e. The highest BCUT2D eigenvalue weighted by atomic mass is 32.1. The summed E-state index contributed by atoms with van der Waals surface area (Å²) in [6.45, 7) is 6.18. The lowest BCUT2D eigenvalue weighted by Gasteiger charge is -2.30. The molecule has 0 amide bonds. The SMILES string of the molecule is Cc1cc([C@H]2[C@@H](c3ccccn3)NC(=S)N2C[C@@H]2CCCO2)c(C)n1-c1ccc2c(c1)OCO2.